The van der Waals surface area contributed by atoms with Crippen molar-refractivity contribution in [1.82, 2.24) is 20.5 Å². The van der Waals surface area contributed by atoms with E-state index in [4.69, 9.17) is 4.74 Å². The van der Waals surface area contributed by atoms with Gasteiger partial charge in [0, 0.05) is 25.7 Å². The largest absolute Gasteiger partial charge is 0.480 e. The lowest BCUT2D eigenvalue weighted by molar-refractivity contribution is -0.142. The Morgan fingerprint density at radius 3 is 2.51 bits per heavy atom. The Morgan fingerprint density at radius 2 is 1.92 bits per heavy atom. The number of amides is 3. The standard InChI is InChI=1S/C25H39N5O7/c1-16(11-25(2,3)4)9-21(31)29-19(23(33)34)13-28-22(32)15-37-18-10-17(30(14-18)24(35)36)12-27-20-7-5-6-8-26-20/h5-8,16-19H,9-15H2,1-4H3,(H,26,27)(H,28,32)(H,29,31)(H,33,34)(H,35,36). The van der Waals surface area contributed by atoms with Crippen molar-refractivity contribution in [2.24, 2.45) is 11.3 Å². The number of anilines is 1. The van der Waals surface area contributed by atoms with Crippen LogP contribution in [0, 0.1) is 11.3 Å². The molecule has 12 nitrogen and oxygen atoms in total. The molecule has 37 heavy (non-hydrogen) atoms. The summed E-state index contributed by atoms with van der Waals surface area (Å²) in [4.78, 5) is 53.1. The third kappa shape index (κ3) is 11.0. The van der Waals surface area contributed by atoms with Crippen molar-refractivity contribution in [3.05, 3.63) is 24.4 Å². The van der Waals surface area contributed by atoms with Crippen molar-refractivity contribution in [2.45, 2.75) is 65.1 Å². The molecular weight excluding hydrogens is 482 g/mol. The van der Waals surface area contributed by atoms with E-state index in [2.05, 4.69) is 41.7 Å². The quantitative estimate of drug-likeness (QED) is 0.260. The van der Waals surface area contributed by atoms with Gasteiger partial charge >= 0.3 is 12.1 Å². The maximum atomic E-state index is 12.3. The molecule has 4 atom stereocenters. The number of carbonyl (C=O) groups excluding carboxylic acids is 2. The summed E-state index contributed by atoms with van der Waals surface area (Å²) >= 11 is 0. The van der Waals surface area contributed by atoms with Crippen molar-refractivity contribution in [3.8, 4) is 0 Å². The number of carbonyl (C=O) groups is 4. The number of aliphatic carboxylic acids is 1. The monoisotopic (exact) mass is 521 g/mol. The first kappa shape index (κ1) is 29.8. The summed E-state index contributed by atoms with van der Waals surface area (Å²) in [5, 5.41) is 27.0. The van der Waals surface area contributed by atoms with Crippen LogP contribution in [0.5, 0.6) is 0 Å². The van der Waals surface area contributed by atoms with Gasteiger partial charge in [0.1, 0.15) is 18.5 Å². The summed E-state index contributed by atoms with van der Waals surface area (Å²) in [5.41, 5.74) is 0.0519. The molecule has 1 saturated heterocycles. The molecule has 5 N–H and O–H groups in total. The first-order valence-electron chi connectivity index (χ1n) is 12.4. The van der Waals surface area contributed by atoms with Gasteiger partial charge < -0.3 is 35.8 Å². The number of nitrogens with zero attached hydrogens (tertiary/aromatic N) is 2. The summed E-state index contributed by atoms with van der Waals surface area (Å²) in [6.07, 6.45) is 1.45. The molecule has 0 aliphatic carbocycles. The van der Waals surface area contributed by atoms with Crippen LogP contribution in [0.4, 0.5) is 10.6 Å². The second-order valence-corrected chi connectivity index (χ2v) is 10.7. The third-order valence-corrected chi connectivity index (χ3v) is 5.89. The summed E-state index contributed by atoms with van der Waals surface area (Å²) in [6.45, 7) is 7.95. The van der Waals surface area contributed by atoms with Crippen LogP contribution in [0.2, 0.25) is 0 Å². The van der Waals surface area contributed by atoms with E-state index in [0.717, 1.165) is 6.42 Å². The number of nitrogens with one attached hydrogen (secondary N) is 3. The molecule has 1 fully saturated rings. The molecule has 2 rings (SSSR count). The highest BCUT2D eigenvalue weighted by Gasteiger charge is 2.36. The molecule has 0 bridgehead atoms. The fourth-order valence-corrected chi connectivity index (χ4v) is 4.46. The zero-order valence-corrected chi connectivity index (χ0v) is 21.9. The van der Waals surface area contributed by atoms with Gasteiger partial charge in [-0.2, -0.15) is 0 Å². The van der Waals surface area contributed by atoms with Gasteiger partial charge in [-0.05, 0) is 36.3 Å². The average Bonchev–Trinajstić information content (AvgIpc) is 3.21. The van der Waals surface area contributed by atoms with Gasteiger partial charge in [-0.15, -0.1) is 0 Å². The number of carboxylic acids is 1. The van der Waals surface area contributed by atoms with Crippen molar-refractivity contribution in [1.29, 1.82) is 0 Å². The lowest BCUT2D eigenvalue weighted by atomic mass is 9.84. The number of likely N-dealkylation sites (tertiary alicyclic amines) is 1. The predicted molar refractivity (Wildman–Crippen MR) is 136 cm³/mol. The Bertz CT molecular complexity index is 922. The van der Waals surface area contributed by atoms with Crippen molar-refractivity contribution in [3.63, 3.8) is 0 Å². The zero-order valence-electron chi connectivity index (χ0n) is 21.9. The molecule has 12 heteroatoms. The van der Waals surface area contributed by atoms with Gasteiger partial charge in [-0.25, -0.2) is 14.6 Å². The van der Waals surface area contributed by atoms with Gasteiger partial charge in [0.25, 0.3) is 0 Å². The molecule has 0 aromatic carbocycles. The SMILES string of the molecule is CC(CC(=O)NC(CNC(=O)COC1CC(CNc2ccccn2)N(C(=O)O)C1)C(=O)O)CC(C)(C)C. The summed E-state index contributed by atoms with van der Waals surface area (Å²) < 4.78 is 5.61. The van der Waals surface area contributed by atoms with Crippen LogP contribution in [-0.2, 0) is 19.1 Å². The minimum Gasteiger partial charge on any atom is -0.480 e. The van der Waals surface area contributed by atoms with Crippen LogP contribution in [0.1, 0.15) is 47.0 Å². The van der Waals surface area contributed by atoms with Gasteiger partial charge in [0.05, 0.1) is 18.7 Å². The van der Waals surface area contributed by atoms with E-state index in [-0.39, 0.29) is 49.4 Å². The molecule has 1 aromatic rings. The van der Waals surface area contributed by atoms with Gasteiger partial charge in [0.15, 0.2) is 0 Å². The molecule has 1 aromatic heterocycles. The first-order valence-corrected chi connectivity index (χ1v) is 12.4. The Morgan fingerprint density at radius 1 is 1.19 bits per heavy atom. The Kier molecular flexibility index (Phi) is 11.1. The Labute approximate surface area is 217 Å². The van der Waals surface area contributed by atoms with Crippen molar-refractivity contribution >= 4 is 29.7 Å². The van der Waals surface area contributed by atoms with Gasteiger partial charge in [-0.1, -0.05) is 33.8 Å². The van der Waals surface area contributed by atoms with Crippen LogP contribution < -0.4 is 16.0 Å². The summed E-state index contributed by atoms with van der Waals surface area (Å²) in [7, 11) is 0. The van der Waals surface area contributed by atoms with Crippen LogP contribution >= 0.6 is 0 Å². The van der Waals surface area contributed by atoms with Crippen LogP contribution in [-0.4, -0.2) is 88.4 Å². The minimum absolute atomic E-state index is 0.0519. The average molecular weight is 522 g/mol. The molecule has 206 valence electrons. The molecule has 1 aliphatic heterocycles. The lowest BCUT2D eigenvalue weighted by Gasteiger charge is -2.23. The molecule has 0 spiro atoms. The maximum absolute atomic E-state index is 12.3. The van der Waals surface area contributed by atoms with Crippen molar-refractivity contribution in [2.75, 3.05) is 31.6 Å². The van der Waals surface area contributed by atoms with E-state index < -0.39 is 30.1 Å². The van der Waals surface area contributed by atoms with E-state index in [1.54, 1.807) is 18.3 Å². The van der Waals surface area contributed by atoms with Crippen LogP contribution in [0.3, 0.4) is 0 Å². The van der Waals surface area contributed by atoms with E-state index in [0.29, 0.717) is 18.8 Å². The topological polar surface area (TPSA) is 170 Å². The van der Waals surface area contributed by atoms with Crippen LogP contribution in [0.25, 0.3) is 0 Å². The normalized spacial score (nSPS) is 19.1. The smallest absolute Gasteiger partial charge is 0.407 e. The lowest BCUT2D eigenvalue weighted by Crippen LogP contribution is -2.49. The van der Waals surface area contributed by atoms with Gasteiger partial charge in [0.2, 0.25) is 11.8 Å². The first-order chi connectivity index (χ1) is 17.3. The highest BCUT2D eigenvalue weighted by Crippen LogP contribution is 2.26. The molecular formula is C25H39N5O7. The van der Waals surface area contributed by atoms with E-state index >= 15 is 0 Å². The second-order valence-electron chi connectivity index (χ2n) is 10.7. The van der Waals surface area contributed by atoms with Crippen LogP contribution in [0.15, 0.2) is 24.4 Å². The second kappa shape index (κ2) is 13.8. The Balaban J connectivity index is 1.77. The number of carboxylic acid groups (broad SMARTS) is 2. The molecule has 3 amide bonds. The molecule has 0 saturated carbocycles. The molecule has 2 heterocycles. The fourth-order valence-electron chi connectivity index (χ4n) is 4.46. The number of pyridine rings is 1. The predicted octanol–water partition coefficient (Wildman–Crippen LogP) is 1.78. The van der Waals surface area contributed by atoms with E-state index in [1.807, 2.05) is 13.0 Å². The zero-order chi connectivity index (χ0) is 27.6. The van der Waals surface area contributed by atoms with Crippen molar-refractivity contribution < 1.29 is 34.1 Å². The number of hydrogen-bond acceptors (Lipinski definition) is 7. The number of hydrogen-bond donors (Lipinski definition) is 5. The molecule has 4 unspecified atom stereocenters. The minimum atomic E-state index is -1.27. The number of aromatic nitrogens is 1. The molecule has 1 aliphatic rings. The Hall–Kier alpha value is -3.41. The fraction of sp³-hybridized carbons (Fsp3) is 0.640. The van der Waals surface area contributed by atoms with Gasteiger partial charge in [-0.3, -0.25) is 9.59 Å². The molecule has 0 radical (unpaired) electrons. The summed E-state index contributed by atoms with van der Waals surface area (Å²) in [5.74, 6) is -1.50. The number of ether oxygens (including phenoxy) is 1. The highest BCUT2D eigenvalue weighted by molar-refractivity contribution is 5.84. The van der Waals surface area contributed by atoms with E-state index in [1.165, 1.54) is 4.90 Å². The third-order valence-electron chi connectivity index (χ3n) is 5.89. The highest BCUT2D eigenvalue weighted by atomic mass is 16.5. The van der Waals surface area contributed by atoms with E-state index in [9.17, 15) is 29.4 Å². The summed E-state index contributed by atoms with van der Waals surface area (Å²) in [6, 6.07) is 3.74. The number of rotatable bonds is 13. The maximum Gasteiger partial charge on any atom is 0.407 e.